The molecule has 7 nitrogen and oxygen atoms in total. The highest BCUT2D eigenvalue weighted by atomic mass is 16.5. The lowest BCUT2D eigenvalue weighted by Crippen LogP contribution is -2.15. The topological polar surface area (TPSA) is 100 Å². The molecule has 7 heteroatoms. The first kappa shape index (κ1) is 22.4. The molecule has 2 N–H and O–H groups in total. The van der Waals surface area contributed by atoms with Crippen molar-refractivity contribution in [3.05, 3.63) is 93.3 Å². The van der Waals surface area contributed by atoms with Crippen LogP contribution in [-0.4, -0.2) is 15.7 Å². The second-order valence-electron chi connectivity index (χ2n) is 8.81. The largest absolute Gasteiger partial charge is 0.485 e. The Morgan fingerprint density at radius 2 is 1.89 bits per heavy atom. The van der Waals surface area contributed by atoms with E-state index in [0.29, 0.717) is 39.2 Å². The molecule has 0 aliphatic rings. The van der Waals surface area contributed by atoms with Gasteiger partial charge in [0.05, 0.1) is 16.5 Å². The lowest BCUT2D eigenvalue weighted by Gasteiger charge is -2.19. The van der Waals surface area contributed by atoms with Gasteiger partial charge >= 0.3 is 0 Å². The Hall–Kier alpha value is -4.39. The quantitative estimate of drug-likeness (QED) is 0.383. The van der Waals surface area contributed by atoms with Crippen LogP contribution in [0.1, 0.15) is 40.1 Å². The fourth-order valence-electron chi connectivity index (χ4n) is 4.46. The molecule has 2 aromatic heterocycles. The minimum atomic E-state index is -0.572. The second-order valence-corrected chi connectivity index (χ2v) is 8.81. The first-order valence-corrected chi connectivity index (χ1v) is 11.3. The van der Waals surface area contributed by atoms with E-state index in [1.807, 2.05) is 57.4 Å². The third-order valence-corrected chi connectivity index (χ3v) is 6.17. The van der Waals surface area contributed by atoms with Gasteiger partial charge in [-0.05, 0) is 68.8 Å². The molecule has 5 rings (SSSR count). The summed E-state index contributed by atoms with van der Waals surface area (Å²) in [4.78, 5) is 25.3. The zero-order valence-electron chi connectivity index (χ0n) is 20.0. The normalized spacial score (nSPS) is 12.2. The Balaban J connectivity index is 1.68. The number of hydrogen-bond acceptors (Lipinski definition) is 5. The van der Waals surface area contributed by atoms with Crippen molar-refractivity contribution in [2.24, 2.45) is 12.8 Å². The van der Waals surface area contributed by atoms with Crippen LogP contribution in [0.25, 0.3) is 33.2 Å². The predicted octanol–water partition coefficient (Wildman–Crippen LogP) is 5.20. The molecular weight excluding hydrogens is 442 g/mol. The fourth-order valence-corrected chi connectivity index (χ4v) is 4.46. The van der Waals surface area contributed by atoms with Crippen molar-refractivity contribution >= 4 is 27.8 Å². The van der Waals surface area contributed by atoms with Crippen molar-refractivity contribution < 1.29 is 13.9 Å². The fraction of sp³-hybridized carbons (Fsp3) is 0.179. The molecule has 0 radical (unpaired) electrons. The van der Waals surface area contributed by atoms with Crippen molar-refractivity contribution in [1.29, 1.82) is 0 Å². The molecular formula is C28H25N3O4. The summed E-state index contributed by atoms with van der Waals surface area (Å²) in [6.07, 6.45) is 1.41. The molecule has 0 fully saturated rings. The molecule has 0 aliphatic heterocycles. The number of para-hydroxylation sites is 1. The van der Waals surface area contributed by atoms with Gasteiger partial charge in [0, 0.05) is 35.3 Å². The van der Waals surface area contributed by atoms with Crippen molar-refractivity contribution in [3.8, 4) is 17.1 Å². The molecule has 1 atom stereocenters. The van der Waals surface area contributed by atoms with E-state index in [2.05, 4.69) is 5.10 Å². The Kier molecular flexibility index (Phi) is 5.40. The summed E-state index contributed by atoms with van der Waals surface area (Å²) < 4.78 is 14.3. The molecule has 0 unspecified atom stereocenters. The van der Waals surface area contributed by atoms with Crippen molar-refractivity contribution in [2.45, 2.75) is 26.9 Å². The van der Waals surface area contributed by atoms with Crippen LogP contribution in [0.15, 0.2) is 70.0 Å². The highest BCUT2D eigenvalue weighted by Crippen LogP contribution is 2.34. The SMILES string of the molecule is Cc1cc([C@@H](C)Oc2ccccc2C(N)=O)c2oc(-c3ccc4nn(C)cc4c3)c(C)c(=O)c2c1. The van der Waals surface area contributed by atoms with Crippen LogP contribution >= 0.6 is 0 Å². The maximum atomic E-state index is 13.4. The number of nitrogens with two attached hydrogens (primary N) is 1. The van der Waals surface area contributed by atoms with Gasteiger partial charge in [-0.3, -0.25) is 14.3 Å². The second kappa shape index (κ2) is 8.43. The molecule has 5 aromatic rings. The molecule has 1 amide bonds. The monoisotopic (exact) mass is 467 g/mol. The van der Waals surface area contributed by atoms with Gasteiger partial charge in [0.1, 0.15) is 23.2 Å². The molecule has 2 heterocycles. The van der Waals surface area contributed by atoms with Gasteiger partial charge in [0.25, 0.3) is 5.91 Å². The van der Waals surface area contributed by atoms with Crippen LogP contribution < -0.4 is 15.9 Å². The van der Waals surface area contributed by atoms with Gasteiger partial charge in [-0.25, -0.2) is 0 Å². The number of fused-ring (bicyclic) bond motifs is 2. The molecule has 176 valence electrons. The van der Waals surface area contributed by atoms with E-state index < -0.39 is 12.0 Å². The number of hydrogen-bond donors (Lipinski definition) is 1. The lowest BCUT2D eigenvalue weighted by atomic mass is 9.99. The summed E-state index contributed by atoms with van der Waals surface area (Å²) in [5.74, 6) is 0.305. The molecule has 0 saturated carbocycles. The van der Waals surface area contributed by atoms with Gasteiger partial charge < -0.3 is 14.9 Å². The number of carbonyl (C=O) groups is 1. The highest BCUT2D eigenvalue weighted by Gasteiger charge is 2.21. The Morgan fingerprint density at radius 3 is 2.66 bits per heavy atom. The average molecular weight is 468 g/mol. The zero-order chi connectivity index (χ0) is 24.9. The van der Waals surface area contributed by atoms with Crippen molar-refractivity contribution in [1.82, 2.24) is 9.78 Å². The molecule has 0 spiro atoms. The Bertz CT molecular complexity index is 1680. The Labute approximate surface area is 201 Å². The van der Waals surface area contributed by atoms with Crippen LogP contribution in [0.3, 0.4) is 0 Å². The molecule has 3 aromatic carbocycles. The zero-order valence-corrected chi connectivity index (χ0v) is 20.0. The number of aryl methyl sites for hydroxylation is 2. The minimum absolute atomic E-state index is 0.0952. The number of amides is 1. The van der Waals surface area contributed by atoms with E-state index in [1.54, 1.807) is 35.9 Å². The van der Waals surface area contributed by atoms with E-state index in [-0.39, 0.29) is 5.43 Å². The molecule has 0 bridgehead atoms. The third-order valence-electron chi connectivity index (χ3n) is 6.17. The van der Waals surface area contributed by atoms with Gasteiger partial charge in [-0.1, -0.05) is 12.1 Å². The van der Waals surface area contributed by atoms with Gasteiger partial charge in [-0.15, -0.1) is 0 Å². The van der Waals surface area contributed by atoms with Crippen LogP contribution in [0.2, 0.25) is 0 Å². The maximum absolute atomic E-state index is 13.4. The Morgan fingerprint density at radius 1 is 1.11 bits per heavy atom. The smallest absolute Gasteiger partial charge is 0.252 e. The number of ether oxygens (including phenoxy) is 1. The molecule has 35 heavy (non-hydrogen) atoms. The first-order chi connectivity index (χ1) is 16.7. The number of benzene rings is 3. The average Bonchev–Trinajstić information content (AvgIpc) is 3.20. The first-order valence-electron chi connectivity index (χ1n) is 11.3. The van der Waals surface area contributed by atoms with E-state index in [0.717, 1.165) is 22.0 Å². The van der Waals surface area contributed by atoms with Crippen molar-refractivity contribution in [2.75, 3.05) is 0 Å². The number of nitrogens with zero attached hydrogens (tertiary/aromatic N) is 2. The molecule has 0 aliphatic carbocycles. The summed E-state index contributed by atoms with van der Waals surface area (Å²) >= 11 is 0. The van der Waals surface area contributed by atoms with Crippen molar-refractivity contribution in [3.63, 3.8) is 0 Å². The predicted molar refractivity (Wildman–Crippen MR) is 136 cm³/mol. The van der Waals surface area contributed by atoms with Crippen LogP contribution in [-0.2, 0) is 7.05 Å². The number of rotatable bonds is 5. The number of carbonyl (C=O) groups excluding carboxylic acids is 1. The number of primary amides is 1. The number of aromatic nitrogens is 2. The van der Waals surface area contributed by atoms with Crippen LogP contribution in [0.5, 0.6) is 5.75 Å². The molecule has 0 saturated heterocycles. The summed E-state index contributed by atoms with van der Waals surface area (Å²) in [5.41, 5.74) is 9.97. The van der Waals surface area contributed by atoms with Gasteiger partial charge in [0.15, 0.2) is 5.43 Å². The summed E-state index contributed by atoms with van der Waals surface area (Å²) in [6, 6.07) is 16.4. The van der Waals surface area contributed by atoms with E-state index in [4.69, 9.17) is 14.9 Å². The standard InChI is InChI=1S/C28H25N3O4/c1-15-11-21(17(3)34-24-8-6-5-7-20(24)28(29)33)27-22(12-15)25(32)16(2)26(35-27)18-9-10-23-19(13-18)14-31(4)30-23/h5-14,17H,1-4H3,(H2,29,33)/t17-/m1/s1. The highest BCUT2D eigenvalue weighted by molar-refractivity contribution is 5.95. The summed E-state index contributed by atoms with van der Waals surface area (Å²) in [6.45, 7) is 5.55. The van der Waals surface area contributed by atoms with Crippen LogP contribution in [0, 0.1) is 13.8 Å². The third kappa shape index (κ3) is 3.95. The van der Waals surface area contributed by atoms with E-state index in [1.165, 1.54) is 0 Å². The van der Waals surface area contributed by atoms with Gasteiger partial charge in [0.2, 0.25) is 0 Å². The van der Waals surface area contributed by atoms with Gasteiger partial charge in [-0.2, -0.15) is 5.10 Å². The minimum Gasteiger partial charge on any atom is -0.485 e. The summed E-state index contributed by atoms with van der Waals surface area (Å²) in [7, 11) is 1.87. The van der Waals surface area contributed by atoms with E-state index in [9.17, 15) is 9.59 Å². The maximum Gasteiger partial charge on any atom is 0.252 e. The van der Waals surface area contributed by atoms with Crippen LogP contribution in [0.4, 0.5) is 0 Å². The summed E-state index contributed by atoms with van der Waals surface area (Å²) in [5, 5.41) is 5.86. The lowest BCUT2D eigenvalue weighted by molar-refractivity contribution is 0.0993. The van der Waals surface area contributed by atoms with E-state index >= 15 is 0 Å².